The van der Waals surface area contributed by atoms with Crippen molar-refractivity contribution in [3.05, 3.63) is 66.4 Å². The van der Waals surface area contributed by atoms with Crippen LogP contribution in [0.25, 0.3) is 11.3 Å². The molecule has 0 aliphatic heterocycles. The summed E-state index contributed by atoms with van der Waals surface area (Å²) in [7, 11) is 0. The number of anilines is 2. The highest BCUT2D eigenvalue weighted by Gasteiger charge is 2.10. The molecule has 0 bridgehead atoms. The molecule has 3 rings (SSSR count). The van der Waals surface area contributed by atoms with Gasteiger partial charge in [-0.3, -0.25) is 4.98 Å². The molecule has 0 fully saturated rings. The molecule has 144 valence electrons. The molecule has 2 aromatic rings. The minimum Gasteiger partial charge on any atom is -0.368 e. The third kappa shape index (κ3) is 6.66. The first-order valence-electron chi connectivity index (χ1n) is 9.19. The van der Waals surface area contributed by atoms with Gasteiger partial charge in [0.1, 0.15) is 11.6 Å². The maximum absolute atomic E-state index is 13.9. The molecule has 2 aromatic heterocycles. The second-order valence-electron chi connectivity index (χ2n) is 5.18. The van der Waals surface area contributed by atoms with Crippen LogP contribution in [0.1, 0.15) is 34.6 Å². The van der Waals surface area contributed by atoms with Gasteiger partial charge in [0.05, 0.1) is 5.69 Å². The summed E-state index contributed by atoms with van der Waals surface area (Å²) >= 11 is 0. The first-order valence-corrected chi connectivity index (χ1v) is 9.19. The number of halogens is 1. The van der Waals surface area contributed by atoms with E-state index in [1.165, 1.54) is 6.08 Å². The van der Waals surface area contributed by atoms with Crippen molar-refractivity contribution in [1.82, 2.24) is 15.0 Å². The fraction of sp³-hybridized carbons (Fsp3) is 0.286. The number of nitrogens with two attached hydrogens (primary N) is 1. The molecule has 27 heavy (non-hydrogen) atoms. The molecule has 0 saturated heterocycles. The van der Waals surface area contributed by atoms with Crippen molar-refractivity contribution >= 4 is 11.8 Å². The number of nitrogens with one attached hydrogen (secondary N) is 1. The van der Waals surface area contributed by atoms with Gasteiger partial charge < -0.3 is 11.1 Å². The van der Waals surface area contributed by atoms with E-state index >= 15 is 0 Å². The second-order valence-corrected chi connectivity index (χ2v) is 5.18. The van der Waals surface area contributed by atoms with Crippen molar-refractivity contribution in [3.63, 3.8) is 0 Å². The van der Waals surface area contributed by atoms with Crippen molar-refractivity contribution in [2.75, 3.05) is 11.1 Å². The minimum atomic E-state index is -0.242. The summed E-state index contributed by atoms with van der Waals surface area (Å²) in [5, 5.41) is 3.07. The molecule has 1 unspecified atom stereocenters. The summed E-state index contributed by atoms with van der Waals surface area (Å²) in [6.07, 6.45) is 10.2. The molecule has 0 aromatic carbocycles. The molecule has 1 atom stereocenters. The van der Waals surface area contributed by atoms with E-state index in [0.717, 1.165) is 5.56 Å². The van der Waals surface area contributed by atoms with E-state index < -0.39 is 0 Å². The van der Waals surface area contributed by atoms with Crippen molar-refractivity contribution in [1.29, 1.82) is 0 Å². The number of hydrogen-bond donors (Lipinski definition) is 2. The Bertz CT molecular complexity index is 797. The van der Waals surface area contributed by atoms with E-state index in [1.54, 1.807) is 37.5 Å². The standard InChI is InChI=1S/C17H16FN5.2C2H6/c1-11-3-2-4-13(9-14(11)18)21-16-10-15(22-17(19)23-16)12-5-7-20-8-6-12;2*1-2/h2-11H,1H3,(H3,19,21,22,23);2*1-2H3. The summed E-state index contributed by atoms with van der Waals surface area (Å²) in [5.41, 5.74) is 7.93. The van der Waals surface area contributed by atoms with E-state index in [9.17, 15) is 4.39 Å². The Balaban J connectivity index is 0.000000855. The SMILES string of the molecule is CC.CC.CC1C=CC=C(Nc2cc(-c3ccncc3)nc(N)n2)C=C1F. The predicted octanol–water partition coefficient (Wildman–Crippen LogP) is 5.53. The predicted molar refractivity (Wildman–Crippen MR) is 112 cm³/mol. The van der Waals surface area contributed by atoms with Crippen LogP contribution in [-0.2, 0) is 0 Å². The molecule has 0 amide bonds. The quantitative estimate of drug-likeness (QED) is 0.744. The lowest BCUT2D eigenvalue weighted by atomic mass is 10.1. The first kappa shape index (κ1) is 22.0. The van der Waals surface area contributed by atoms with Gasteiger partial charge in [-0.1, -0.05) is 46.8 Å². The molecule has 0 saturated carbocycles. The van der Waals surface area contributed by atoms with Crippen LogP contribution >= 0.6 is 0 Å². The van der Waals surface area contributed by atoms with Gasteiger partial charge >= 0.3 is 0 Å². The molecular formula is C21H28FN5. The Labute approximate surface area is 161 Å². The lowest BCUT2D eigenvalue weighted by Crippen LogP contribution is -2.04. The van der Waals surface area contributed by atoms with Crippen molar-refractivity contribution in [2.45, 2.75) is 34.6 Å². The first-order chi connectivity index (χ1) is 13.1. The number of nitrogens with zero attached hydrogens (tertiary/aromatic N) is 3. The second kappa shape index (κ2) is 11.6. The number of nitrogen functional groups attached to an aromatic ring is 1. The fourth-order valence-electron chi connectivity index (χ4n) is 2.17. The highest BCUT2D eigenvalue weighted by Crippen LogP contribution is 2.23. The Morgan fingerprint density at radius 2 is 1.74 bits per heavy atom. The Hall–Kier alpha value is -3.02. The van der Waals surface area contributed by atoms with E-state index in [2.05, 4.69) is 20.3 Å². The number of rotatable bonds is 3. The van der Waals surface area contributed by atoms with Crippen LogP contribution in [0, 0.1) is 5.92 Å². The molecule has 0 spiro atoms. The number of pyridine rings is 1. The maximum Gasteiger partial charge on any atom is 0.222 e. The van der Waals surface area contributed by atoms with Gasteiger partial charge in [0.15, 0.2) is 0 Å². The lowest BCUT2D eigenvalue weighted by molar-refractivity contribution is 0.549. The van der Waals surface area contributed by atoms with Gasteiger partial charge in [-0.05, 0) is 24.3 Å². The average Bonchev–Trinajstić information content (AvgIpc) is 2.86. The van der Waals surface area contributed by atoms with Crippen LogP contribution in [-0.4, -0.2) is 15.0 Å². The minimum absolute atomic E-state index is 0.143. The van der Waals surface area contributed by atoms with E-state index in [-0.39, 0.29) is 17.7 Å². The van der Waals surface area contributed by atoms with Crippen LogP contribution in [0.4, 0.5) is 16.2 Å². The van der Waals surface area contributed by atoms with Crippen LogP contribution < -0.4 is 11.1 Å². The number of hydrogen-bond acceptors (Lipinski definition) is 5. The normalized spacial score (nSPS) is 15.1. The van der Waals surface area contributed by atoms with Gasteiger partial charge in [0.2, 0.25) is 5.95 Å². The van der Waals surface area contributed by atoms with Gasteiger partial charge in [-0.15, -0.1) is 0 Å². The van der Waals surface area contributed by atoms with Crippen LogP contribution in [0.5, 0.6) is 0 Å². The van der Waals surface area contributed by atoms with Crippen LogP contribution in [0.15, 0.2) is 66.4 Å². The molecule has 6 heteroatoms. The number of allylic oxidation sites excluding steroid dienone is 5. The Morgan fingerprint density at radius 1 is 1.07 bits per heavy atom. The third-order valence-electron chi connectivity index (χ3n) is 3.40. The molecule has 0 radical (unpaired) electrons. The molecular weight excluding hydrogens is 341 g/mol. The molecule has 3 N–H and O–H groups in total. The Morgan fingerprint density at radius 3 is 2.41 bits per heavy atom. The summed E-state index contributed by atoms with van der Waals surface area (Å²) < 4.78 is 13.9. The van der Waals surface area contributed by atoms with E-state index in [1.807, 2.05) is 45.9 Å². The van der Waals surface area contributed by atoms with Crippen molar-refractivity contribution < 1.29 is 4.39 Å². The fourth-order valence-corrected chi connectivity index (χ4v) is 2.17. The van der Waals surface area contributed by atoms with Gasteiger partial charge in [0, 0.05) is 35.6 Å². The van der Waals surface area contributed by atoms with Crippen molar-refractivity contribution in [3.8, 4) is 11.3 Å². The molecule has 1 aliphatic carbocycles. The topological polar surface area (TPSA) is 76.7 Å². The molecule has 5 nitrogen and oxygen atoms in total. The smallest absolute Gasteiger partial charge is 0.222 e. The molecule has 2 heterocycles. The third-order valence-corrected chi connectivity index (χ3v) is 3.40. The maximum atomic E-state index is 13.9. The Kier molecular flexibility index (Phi) is 9.43. The largest absolute Gasteiger partial charge is 0.368 e. The van der Waals surface area contributed by atoms with Crippen LogP contribution in [0.2, 0.25) is 0 Å². The highest BCUT2D eigenvalue weighted by molar-refractivity contribution is 5.64. The summed E-state index contributed by atoms with van der Waals surface area (Å²) in [5.74, 6) is 0.189. The average molecular weight is 369 g/mol. The van der Waals surface area contributed by atoms with E-state index in [4.69, 9.17) is 5.73 Å². The lowest BCUT2D eigenvalue weighted by Gasteiger charge is -2.09. The van der Waals surface area contributed by atoms with Gasteiger partial charge in [-0.2, -0.15) is 4.98 Å². The van der Waals surface area contributed by atoms with E-state index in [0.29, 0.717) is 17.2 Å². The zero-order valence-electron chi connectivity index (χ0n) is 16.6. The molecule has 1 aliphatic rings. The zero-order chi connectivity index (χ0) is 20.2. The summed E-state index contributed by atoms with van der Waals surface area (Å²) in [6.45, 7) is 9.79. The van der Waals surface area contributed by atoms with Gasteiger partial charge in [0.25, 0.3) is 0 Å². The van der Waals surface area contributed by atoms with Crippen molar-refractivity contribution in [2.24, 2.45) is 5.92 Å². The van der Waals surface area contributed by atoms with Crippen LogP contribution in [0.3, 0.4) is 0 Å². The summed E-state index contributed by atoms with van der Waals surface area (Å²) in [6, 6.07) is 5.43. The number of aromatic nitrogens is 3. The monoisotopic (exact) mass is 369 g/mol. The zero-order valence-corrected chi connectivity index (χ0v) is 16.6. The highest BCUT2D eigenvalue weighted by atomic mass is 19.1. The summed E-state index contributed by atoms with van der Waals surface area (Å²) in [4.78, 5) is 12.3. The van der Waals surface area contributed by atoms with Gasteiger partial charge in [-0.25, -0.2) is 9.37 Å².